The molecule has 1 amide bonds. The molecular formula is C14H13NO6S. The number of hydrogen-bond donors (Lipinski definition) is 1. The summed E-state index contributed by atoms with van der Waals surface area (Å²) in [5, 5.41) is 0. The van der Waals surface area contributed by atoms with Gasteiger partial charge in [-0.15, -0.1) is 0 Å². The number of methoxy groups -OCH3 is 1. The van der Waals surface area contributed by atoms with Crippen LogP contribution >= 0.6 is 0 Å². The molecule has 0 fully saturated rings. The molecule has 1 aromatic carbocycles. The number of benzene rings is 1. The molecule has 2 rings (SSSR count). The minimum atomic E-state index is -3.87. The van der Waals surface area contributed by atoms with Crippen LogP contribution in [0.25, 0.3) is 11.3 Å². The second kappa shape index (κ2) is 6.02. The largest absolute Gasteiger partial charge is 0.463 e. The SMILES string of the molecule is COC(=O)c1ccc(-c2ccc(S(=O)(=O)NC(C)=O)cc2)o1. The molecule has 1 N–H and O–H groups in total. The molecule has 0 saturated heterocycles. The maximum absolute atomic E-state index is 11.8. The van der Waals surface area contributed by atoms with Gasteiger partial charge in [-0.05, 0) is 36.4 Å². The van der Waals surface area contributed by atoms with Crippen LogP contribution in [0.4, 0.5) is 0 Å². The summed E-state index contributed by atoms with van der Waals surface area (Å²) in [5.41, 5.74) is 0.580. The fourth-order valence-electron chi connectivity index (χ4n) is 1.75. The zero-order valence-electron chi connectivity index (χ0n) is 11.8. The van der Waals surface area contributed by atoms with E-state index in [9.17, 15) is 18.0 Å². The number of carbonyl (C=O) groups is 2. The van der Waals surface area contributed by atoms with E-state index in [-0.39, 0.29) is 10.7 Å². The maximum atomic E-state index is 11.8. The van der Waals surface area contributed by atoms with Crippen molar-refractivity contribution in [3.05, 3.63) is 42.2 Å². The Labute approximate surface area is 126 Å². The van der Waals surface area contributed by atoms with Gasteiger partial charge in [-0.3, -0.25) is 4.79 Å². The van der Waals surface area contributed by atoms with E-state index in [1.807, 2.05) is 4.72 Å². The Morgan fingerprint density at radius 1 is 1.09 bits per heavy atom. The molecule has 22 heavy (non-hydrogen) atoms. The zero-order chi connectivity index (χ0) is 16.3. The summed E-state index contributed by atoms with van der Waals surface area (Å²) in [5.74, 6) is -0.828. The third-order valence-electron chi connectivity index (χ3n) is 2.72. The number of sulfonamides is 1. The first-order valence-corrected chi connectivity index (χ1v) is 7.64. The van der Waals surface area contributed by atoms with E-state index in [4.69, 9.17) is 4.42 Å². The van der Waals surface area contributed by atoms with Crippen LogP contribution in [0.5, 0.6) is 0 Å². The van der Waals surface area contributed by atoms with Crippen molar-refractivity contribution < 1.29 is 27.2 Å². The van der Waals surface area contributed by atoms with Crippen molar-refractivity contribution in [2.75, 3.05) is 7.11 Å². The van der Waals surface area contributed by atoms with E-state index in [0.29, 0.717) is 11.3 Å². The van der Waals surface area contributed by atoms with Crippen LogP contribution in [0.15, 0.2) is 45.7 Å². The summed E-state index contributed by atoms with van der Waals surface area (Å²) in [6.07, 6.45) is 0. The van der Waals surface area contributed by atoms with Gasteiger partial charge in [-0.1, -0.05) is 0 Å². The van der Waals surface area contributed by atoms with Gasteiger partial charge >= 0.3 is 5.97 Å². The molecule has 7 nitrogen and oxygen atoms in total. The highest BCUT2D eigenvalue weighted by molar-refractivity contribution is 7.90. The maximum Gasteiger partial charge on any atom is 0.373 e. The number of esters is 1. The summed E-state index contributed by atoms with van der Waals surface area (Å²) in [6.45, 7) is 1.11. The fraction of sp³-hybridized carbons (Fsp3) is 0.143. The predicted octanol–water partition coefficient (Wildman–Crippen LogP) is 1.56. The number of amides is 1. The van der Waals surface area contributed by atoms with Gasteiger partial charge in [0, 0.05) is 12.5 Å². The Morgan fingerprint density at radius 2 is 1.73 bits per heavy atom. The third kappa shape index (κ3) is 3.34. The van der Waals surface area contributed by atoms with Crippen LogP contribution < -0.4 is 4.72 Å². The van der Waals surface area contributed by atoms with Crippen molar-refractivity contribution in [2.24, 2.45) is 0 Å². The molecule has 0 radical (unpaired) electrons. The van der Waals surface area contributed by atoms with Crippen LogP contribution in [0.3, 0.4) is 0 Å². The van der Waals surface area contributed by atoms with Gasteiger partial charge in [0.2, 0.25) is 11.7 Å². The van der Waals surface area contributed by atoms with Gasteiger partial charge in [0.25, 0.3) is 10.0 Å². The lowest BCUT2D eigenvalue weighted by Gasteiger charge is -2.05. The van der Waals surface area contributed by atoms with Gasteiger partial charge in [0.05, 0.1) is 12.0 Å². The summed E-state index contributed by atoms with van der Waals surface area (Å²) >= 11 is 0. The standard InChI is InChI=1S/C14H13NO6S/c1-9(16)15-22(18,19)11-5-3-10(4-6-11)12-7-8-13(21-12)14(17)20-2/h3-8H,1-2H3,(H,15,16). The van der Waals surface area contributed by atoms with E-state index in [0.717, 1.165) is 6.92 Å². The monoisotopic (exact) mass is 323 g/mol. The molecular weight excluding hydrogens is 310 g/mol. The van der Waals surface area contributed by atoms with Crippen molar-refractivity contribution in [1.29, 1.82) is 0 Å². The Hall–Kier alpha value is -2.61. The number of hydrogen-bond acceptors (Lipinski definition) is 6. The number of ether oxygens (including phenoxy) is 1. The Bertz CT molecular complexity index is 804. The van der Waals surface area contributed by atoms with Crippen LogP contribution in [-0.2, 0) is 19.6 Å². The highest BCUT2D eigenvalue weighted by Gasteiger charge is 2.16. The molecule has 0 spiro atoms. The number of rotatable bonds is 4. The highest BCUT2D eigenvalue weighted by atomic mass is 32.2. The number of carbonyl (C=O) groups excluding carboxylic acids is 2. The predicted molar refractivity (Wildman–Crippen MR) is 76.5 cm³/mol. The smallest absolute Gasteiger partial charge is 0.373 e. The first-order valence-electron chi connectivity index (χ1n) is 6.15. The highest BCUT2D eigenvalue weighted by Crippen LogP contribution is 2.24. The average molecular weight is 323 g/mol. The lowest BCUT2D eigenvalue weighted by molar-refractivity contribution is -0.117. The minimum absolute atomic E-state index is 0.0486. The van der Waals surface area contributed by atoms with E-state index in [1.165, 1.54) is 37.4 Å². The third-order valence-corrected chi connectivity index (χ3v) is 4.17. The molecule has 1 heterocycles. The lowest BCUT2D eigenvalue weighted by Crippen LogP contribution is -2.28. The summed E-state index contributed by atoms with van der Waals surface area (Å²) in [6, 6.07) is 8.72. The van der Waals surface area contributed by atoms with Crippen LogP contribution in [0.1, 0.15) is 17.5 Å². The number of nitrogens with one attached hydrogen (secondary N) is 1. The van der Waals surface area contributed by atoms with E-state index < -0.39 is 21.9 Å². The minimum Gasteiger partial charge on any atom is -0.463 e. The van der Waals surface area contributed by atoms with E-state index in [2.05, 4.69) is 4.74 Å². The molecule has 0 bridgehead atoms. The zero-order valence-corrected chi connectivity index (χ0v) is 12.6. The van der Waals surface area contributed by atoms with Crippen LogP contribution in [0.2, 0.25) is 0 Å². The molecule has 0 unspecified atom stereocenters. The van der Waals surface area contributed by atoms with E-state index >= 15 is 0 Å². The molecule has 0 atom stereocenters. The summed E-state index contributed by atoms with van der Waals surface area (Å²) in [7, 11) is -2.63. The van der Waals surface area contributed by atoms with Gasteiger partial charge in [0.1, 0.15) is 5.76 Å². The van der Waals surface area contributed by atoms with Crippen LogP contribution in [-0.4, -0.2) is 27.4 Å². The Balaban J connectivity index is 2.27. The second-order valence-electron chi connectivity index (χ2n) is 4.34. The molecule has 1 aromatic heterocycles. The van der Waals surface area contributed by atoms with Gasteiger partial charge in [-0.25, -0.2) is 17.9 Å². The average Bonchev–Trinajstić information content (AvgIpc) is 2.95. The molecule has 2 aromatic rings. The fourth-order valence-corrected chi connectivity index (χ4v) is 2.74. The topological polar surface area (TPSA) is 103 Å². The Morgan fingerprint density at radius 3 is 2.27 bits per heavy atom. The molecule has 8 heteroatoms. The molecule has 0 aliphatic rings. The van der Waals surface area contributed by atoms with Crippen molar-refractivity contribution >= 4 is 21.9 Å². The first kappa shape index (κ1) is 15.8. The Kier molecular flexibility index (Phi) is 4.32. The van der Waals surface area contributed by atoms with Crippen molar-refractivity contribution in [2.45, 2.75) is 11.8 Å². The molecule has 0 aliphatic carbocycles. The molecule has 0 aliphatic heterocycles. The molecule has 116 valence electrons. The van der Waals surface area contributed by atoms with Crippen LogP contribution in [0, 0.1) is 0 Å². The van der Waals surface area contributed by atoms with Gasteiger partial charge < -0.3 is 9.15 Å². The van der Waals surface area contributed by atoms with Crippen molar-refractivity contribution in [3.8, 4) is 11.3 Å². The van der Waals surface area contributed by atoms with Gasteiger partial charge in [0.15, 0.2) is 0 Å². The summed E-state index contributed by atoms with van der Waals surface area (Å²) in [4.78, 5) is 22.1. The second-order valence-corrected chi connectivity index (χ2v) is 6.02. The number of furan rings is 1. The summed E-state index contributed by atoms with van der Waals surface area (Å²) < 4.78 is 35.3. The normalized spacial score (nSPS) is 11.0. The van der Waals surface area contributed by atoms with Crippen molar-refractivity contribution in [3.63, 3.8) is 0 Å². The first-order chi connectivity index (χ1) is 10.3. The van der Waals surface area contributed by atoms with Gasteiger partial charge in [-0.2, -0.15) is 0 Å². The quantitative estimate of drug-likeness (QED) is 0.857. The molecule has 0 saturated carbocycles. The lowest BCUT2D eigenvalue weighted by atomic mass is 10.2. The van der Waals surface area contributed by atoms with Crippen molar-refractivity contribution in [1.82, 2.24) is 4.72 Å². The van der Waals surface area contributed by atoms with E-state index in [1.54, 1.807) is 6.07 Å².